The zero-order valence-corrected chi connectivity index (χ0v) is 16.4. The molecule has 2 amide bonds. The van der Waals surface area contributed by atoms with Crippen LogP contribution in [-0.2, 0) is 26.1 Å². The van der Waals surface area contributed by atoms with Gasteiger partial charge in [-0.3, -0.25) is 14.3 Å². The second-order valence-electron chi connectivity index (χ2n) is 5.43. The van der Waals surface area contributed by atoms with Gasteiger partial charge in [0.2, 0.25) is 5.91 Å². The number of amides is 2. The second-order valence-corrected chi connectivity index (χ2v) is 7.29. The molecule has 0 aliphatic rings. The lowest BCUT2D eigenvalue weighted by atomic mass is 10.2. The van der Waals surface area contributed by atoms with Crippen LogP contribution in [0.3, 0.4) is 0 Å². The summed E-state index contributed by atoms with van der Waals surface area (Å²) in [6, 6.07) is 14.4. The van der Waals surface area contributed by atoms with Gasteiger partial charge in [-0.05, 0) is 36.0 Å². The first-order valence-electron chi connectivity index (χ1n) is 7.89. The molecule has 0 spiro atoms. The van der Waals surface area contributed by atoms with Crippen molar-refractivity contribution in [2.45, 2.75) is 17.6 Å². The lowest BCUT2D eigenvalue weighted by Crippen LogP contribution is -2.34. The first-order chi connectivity index (χ1) is 12.9. The highest BCUT2D eigenvalue weighted by molar-refractivity contribution is 7.84. The van der Waals surface area contributed by atoms with E-state index in [0.717, 1.165) is 5.56 Å². The molecule has 3 N–H and O–H groups in total. The molecule has 0 fully saturated rings. The number of hydrogen-bond donors (Lipinski definition) is 3. The Kier molecular flexibility index (Phi) is 7.44. The van der Waals surface area contributed by atoms with Gasteiger partial charge in [-0.15, -0.1) is 0 Å². The van der Waals surface area contributed by atoms with E-state index in [0.29, 0.717) is 22.0 Å². The molecular weight excluding hydrogens is 386 g/mol. The molecule has 0 saturated heterocycles. The van der Waals surface area contributed by atoms with Crippen LogP contribution in [0.2, 0.25) is 0 Å². The van der Waals surface area contributed by atoms with Crippen molar-refractivity contribution in [2.24, 2.45) is 0 Å². The van der Waals surface area contributed by atoms with Crippen LogP contribution < -0.4 is 16.0 Å². The van der Waals surface area contributed by atoms with Gasteiger partial charge in [0.1, 0.15) is 0 Å². The van der Waals surface area contributed by atoms with Crippen molar-refractivity contribution in [2.75, 3.05) is 17.7 Å². The minimum absolute atomic E-state index is 0.0144. The zero-order valence-electron chi connectivity index (χ0n) is 14.8. The molecule has 9 heteroatoms. The number of carbonyl (C=O) groups is 2. The fraction of sp³-hybridized carbons (Fsp3) is 0.167. The van der Waals surface area contributed by atoms with Gasteiger partial charge >= 0.3 is 6.09 Å². The average Bonchev–Trinajstić information content (AvgIpc) is 2.63. The summed E-state index contributed by atoms with van der Waals surface area (Å²) >= 11 is 5.05. The Morgan fingerprint density at radius 2 is 1.78 bits per heavy atom. The van der Waals surface area contributed by atoms with E-state index in [1.165, 1.54) is 14.0 Å². The van der Waals surface area contributed by atoms with Gasteiger partial charge in [-0.1, -0.05) is 30.3 Å². The van der Waals surface area contributed by atoms with Gasteiger partial charge in [-0.25, -0.2) is 4.79 Å². The Labute approximate surface area is 164 Å². The highest BCUT2D eigenvalue weighted by atomic mass is 32.2. The minimum Gasteiger partial charge on any atom is -0.453 e. The van der Waals surface area contributed by atoms with Gasteiger partial charge in [0.15, 0.2) is 5.11 Å². The predicted molar refractivity (Wildman–Crippen MR) is 109 cm³/mol. The normalized spacial score (nSPS) is 11.2. The van der Waals surface area contributed by atoms with E-state index in [4.69, 9.17) is 12.2 Å². The topological polar surface area (TPSA) is 96.5 Å². The molecular formula is C18H19N3O4S2. The number of ether oxygens (including phenoxy) is 1. The fourth-order valence-electron chi connectivity index (χ4n) is 2.17. The molecule has 2 aromatic rings. The number of thiocarbonyl (C=S) groups is 1. The largest absolute Gasteiger partial charge is 0.453 e. The van der Waals surface area contributed by atoms with E-state index < -0.39 is 16.9 Å². The SMILES string of the molecule is COC(=O)NC(=S)Nc1cc(S(=O)Cc2ccccc2)ccc1NC(C)=O. The quantitative estimate of drug-likeness (QED) is 0.662. The molecule has 2 aromatic carbocycles. The summed E-state index contributed by atoms with van der Waals surface area (Å²) in [6.07, 6.45) is -0.725. The number of benzene rings is 2. The molecule has 2 rings (SSSR count). The van der Waals surface area contributed by atoms with Crippen LogP contribution in [0.1, 0.15) is 12.5 Å². The highest BCUT2D eigenvalue weighted by Crippen LogP contribution is 2.26. The Balaban J connectivity index is 2.24. The number of carbonyl (C=O) groups excluding carboxylic acids is 2. The molecule has 0 aliphatic heterocycles. The molecule has 1 unspecified atom stereocenters. The number of nitrogens with one attached hydrogen (secondary N) is 3. The van der Waals surface area contributed by atoms with E-state index in [9.17, 15) is 13.8 Å². The standard InChI is InChI=1S/C18H19N3O4S2/c1-12(22)19-15-9-8-14(27(24)11-13-6-4-3-5-7-13)10-16(15)20-17(26)21-18(23)25-2/h3-10H,11H2,1-2H3,(H,19,22)(H2,20,21,23,26). The van der Waals surface area contributed by atoms with Crippen molar-refractivity contribution >= 4 is 51.5 Å². The molecule has 27 heavy (non-hydrogen) atoms. The maximum absolute atomic E-state index is 12.7. The Hall–Kier alpha value is -2.78. The van der Waals surface area contributed by atoms with Crippen LogP contribution >= 0.6 is 12.2 Å². The molecule has 0 radical (unpaired) electrons. The van der Waals surface area contributed by atoms with E-state index in [-0.39, 0.29) is 11.0 Å². The van der Waals surface area contributed by atoms with Crippen LogP contribution in [0.15, 0.2) is 53.4 Å². The third kappa shape index (κ3) is 6.46. The molecule has 7 nitrogen and oxygen atoms in total. The first kappa shape index (κ1) is 20.5. The third-order valence-electron chi connectivity index (χ3n) is 3.35. The van der Waals surface area contributed by atoms with Crippen LogP contribution in [0.4, 0.5) is 16.2 Å². The van der Waals surface area contributed by atoms with E-state index in [1.54, 1.807) is 18.2 Å². The molecule has 0 saturated carbocycles. The van der Waals surface area contributed by atoms with Crippen LogP contribution in [0, 0.1) is 0 Å². The van der Waals surface area contributed by atoms with E-state index >= 15 is 0 Å². The van der Waals surface area contributed by atoms with Crippen molar-refractivity contribution in [3.05, 3.63) is 54.1 Å². The summed E-state index contributed by atoms with van der Waals surface area (Å²) in [5.41, 5.74) is 1.79. The van der Waals surface area contributed by atoms with E-state index in [2.05, 4.69) is 20.7 Å². The van der Waals surface area contributed by atoms with Gasteiger partial charge in [0.05, 0.1) is 35.0 Å². The van der Waals surface area contributed by atoms with Crippen LogP contribution in [-0.4, -0.2) is 28.4 Å². The number of anilines is 2. The third-order valence-corrected chi connectivity index (χ3v) is 4.93. The van der Waals surface area contributed by atoms with Gasteiger partial charge < -0.3 is 15.4 Å². The number of rotatable bonds is 5. The van der Waals surface area contributed by atoms with Crippen molar-refractivity contribution in [3.8, 4) is 0 Å². The Bertz CT molecular complexity index is 872. The fourth-order valence-corrected chi connectivity index (χ4v) is 3.50. The minimum atomic E-state index is -1.30. The molecule has 142 valence electrons. The molecule has 0 aliphatic carbocycles. The number of methoxy groups -OCH3 is 1. The van der Waals surface area contributed by atoms with Crippen molar-refractivity contribution in [3.63, 3.8) is 0 Å². The van der Waals surface area contributed by atoms with Crippen molar-refractivity contribution < 1.29 is 18.5 Å². The maximum Gasteiger partial charge on any atom is 0.413 e. The Morgan fingerprint density at radius 1 is 1.07 bits per heavy atom. The summed E-state index contributed by atoms with van der Waals surface area (Å²) in [5, 5.41) is 7.77. The predicted octanol–water partition coefficient (Wildman–Crippen LogP) is 3.01. The van der Waals surface area contributed by atoms with Gasteiger partial charge in [0.25, 0.3) is 0 Å². The summed E-state index contributed by atoms with van der Waals surface area (Å²) in [5.74, 6) is 0.0769. The number of alkyl carbamates (subject to hydrolysis) is 1. The monoisotopic (exact) mass is 405 g/mol. The van der Waals surface area contributed by atoms with E-state index in [1.807, 2.05) is 30.3 Å². The molecule has 0 bridgehead atoms. The van der Waals surface area contributed by atoms with Gasteiger partial charge in [0, 0.05) is 11.8 Å². The van der Waals surface area contributed by atoms with Gasteiger partial charge in [-0.2, -0.15) is 0 Å². The summed E-state index contributed by atoms with van der Waals surface area (Å²) in [7, 11) is -0.0845. The summed E-state index contributed by atoms with van der Waals surface area (Å²) < 4.78 is 17.2. The number of hydrogen-bond acceptors (Lipinski definition) is 5. The average molecular weight is 406 g/mol. The van der Waals surface area contributed by atoms with Crippen molar-refractivity contribution in [1.29, 1.82) is 0 Å². The summed E-state index contributed by atoms with van der Waals surface area (Å²) in [4.78, 5) is 23.2. The molecule has 1 atom stereocenters. The first-order valence-corrected chi connectivity index (χ1v) is 9.61. The Morgan fingerprint density at radius 3 is 2.41 bits per heavy atom. The lowest BCUT2D eigenvalue weighted by molar-refractivity contribution is -0.114. The zero-order chi connectivity index (χ0) is 19.8. The maximum atomic E-state index is 12.7. The van der Waals surface area contributed by atoms with Crippen LogP contribution in [0.5, 0.6) is 0 Å². The van der Waals surface area contributed by atoms with Crippen LogP contribution in [0.25, 0.3) is 0 Å². The summed E-state index contributed by atoms with van der Waals surface area (Å²) in [6.45, 7) is 1.37. The lowest BCUT2D eigenvalue weighted by Gasteiger charge is -2.15. The molecule has 0 aromatic heterocycles. The molecule has 0 heterocycles. The highest BCUT2D eigenvalue weighted by Gasteiger charge is 2.13. The smallest absolute Gasteiger partial charge is 0.413 e. The van der Waals surface area contributed by atoms with Crippen molar-refractivity contribution in [1.82, 2.24) is 5.32 Å². The second kappa shape index (κ2) is 9.79.